The minimum Gasteiger partial charge on any atom is -0.486 e. The molecule has 1 amide bonds. The Labute approximate surface area is 147 Å². The first-order valence-electron chi connectivity index (χ1n) is 7.86. The molecule has 1 aromatic heterocycles. The third-order valence-corrected chi connectivity index (χ3v) is 4.39. The van der Waals surface area contributed by atoms with Gasteiger partial charge in [-0.1, -0.05) is 6.07 Å². The zero-order chi connectivity index (χ0) is 17.5. The molecule has 0 aliphatic heterocycles. The zero-order valence-corrected chi connectivity index (χ0v) is 15.5. The number of thiazole rings is 1. The summed E-state index contributed by atoms with van der Waals surface area (Å²) in [4.78, 5) is 17.9. The van der Waals surface area contributed by atoms with Crippen molar-refractivity contribution in [3.05, 3.63) is 45.4 Å². The number of carbonyl (C=O) groups excluding carboxylic acids is 1. The van der Waals surface area contributed by atoms with Gasteiger partial charge in [-0.2, -0.15) is 0 Å². The fourth-order valence-corrected chi connectivity index (χ4v) is 3.09. The maximum atomic E-state index is 11.7. The van der Waals surface area contributed by atoms with Gasteiger partial charge in [0.05, 0.1) is 18.8 Å². The summed E-state index contributed by atoms with van der Waals surface area (Å²) in [6.45, 7) is 7.69. The average molecular weight is 348 g/mol. The van der Waals surface area contributed by atoms with Gasteiger partial charge in [-0.15, -0.1) is 11.3 Å². The van der Waals surface area contributed by atoms with Crippen LogP contribution in [0.3, 0.4) is 0 Å². The van der Waals surface area contributed by atoms with Gasteiger partial charge in [-0.05, 0) is 37.1 Å². The Morgan fingerprint density at radius 2 is 1.96 bits per heavy atom. The van der Waals surface area contributed by atoms with Crippen LogP contribution in [0.1, 0.15) is 28.8 Å². The van der Waals surface area contributed by atoms with Gasteiger partial charge >= 0.3 is 0 Å². The molecule has 0 N–H and O–H groups in total. The van der Waals surface area contributed by atoms with Gasteiger partial charge in [-0.25, -0.2) is 4.98 Å². The van der Waals surface area contributed by atoms with Gasteiger partial charge in [0.25, 0.3) is 0 Å². The van der Waals surface area contributed by atoms with Crippen LogP contribution in [0.4, 0.5) is 0 Å². The predicted molar refractivity (Wildman–Crippen MR) is 95.3 cm³/mol. The molecule has 0 fully saturated rings. The van der Waals surface area contributed by atoms with Crippen LogP contribution in [0, 0.1) is 13.8 Å². The number of nitrogens with zero attached hydrogens (tertiary/aromatic N) is 2. The maximum absolute atomic E-state index is 11.7. The van der Waals surface area contributed by atoms with Crippen LogP contribution in [0.5, 0.6) is 5.75 Å². The second kappa shape index (κ2) is 8.80. The van der Waals surface area contributed by atoms with Crippen LogP contribution >= 0.6 is 11.3 Å². The summed E-state index contributed by atoms with van der Waals surface area (Å²) < 4.78 is 10.9. The molecule has 0 spiro atoms. The van der Waals surface area contributed by atoms with Crippen LogP contribution in [-0.2, 0) is 22.7 Å². The Hall–Kier alpha value is -1.92. The fraction of sp³-hybridized carbons (Fsp3) is 0.444. The molecule has 0 bridgehead atoms. The molecule has 0 aliphatic rings. The summed E-state index contributed by atoms with van der Waals surface area (Å²) >= 11 is 1.55. The number of rotatable bonds is 8. The number of hydrogen-bond acceptors (Lipinski definition) is 5. The largest absolute Gasteiger partial charge is 0.486 e. The van der Waals surface area contributed by atoms with Crippen molar-refractivity contribution in [2.45, 2.75) is 33.9 Å². The highest BCUT2D eigenvalue weighted by atomic mass is 32.1. The van der Waals surface area contributed by atoms with E-state index in [0.29, 0.717) is 26.3 Å². The van der Waals surface area contributed by atoms with Crippen LogP contribution in [0.2, 0.25) is 0 Å². The number of aromatic nitrogens is 1. The molecule has 24 heavy (non-hydrogen) atoms. The monoisotopic (exact) mass is 348 g/mol. The molecule has 1 aromatic carbocycles. The van der Waals surface area contributed by atoms with Crippen LogP contribution in [0.15, 0.2) is 23.6 Å². The number of benzene rings is 1. The Kier molecular flexibility index (Phi) is 6.75. The fourth-order valence-electron chi connectivity index (χ4n) is 2.39. The van der Waals surface area contributed by atoms with E-state index in [-0.39, 0.29) is 5.91 Å². The highest BCUT2D eigenvalue weighted by Crippen LogP contribution is 2.19. The zero-order valence-electron chi connectivity index (χ0n) is 14.7. The SMILES string of the molecule is COCCN(Cc1csc(COc2cc(C)cc(C)c2)n1)C(C)=O. The Morgan fingerprint density at radius 3 is 2.58 bits per heavy atom. The van der Waals surface area contributed by atoms with Crippen molar-refractivity contribution in [2.75, 3.05) is 20.3 Å². The topological polar surface area (TPSA) is 51.7 Å². The third kappa shape index (κ3) is 5.62. The van der Waals surface area contributed by atoms with Gasteiger partial charge in [0.15, 0.2) is 0 Å². The Balaban J connectivity index is 1.93. The van der Waals surface area contributed by atoms with E-state index < -0.39 is 0 Å². The summed E-state index contributed by atoms with van der Waals surface area (Å²) in [5, 5.41) is 2.88. The first kappa shape index (κ1) is 18.4. The van der Waals surface area contributed by atoms with Crippen molar-refractivity contribution in [2.24, 2.45) is 0 Å². The molecule has 0 aliphatic carbocycles. The molecule has 0 unspecified atom stereocenters. The van der Waals surface area contributed by atoms with E-state index in [1.54, 1.807) is 30.3 Å². The van der Waals surface area contributed by atoms with E-state index >= 15 is 0 Å². The molecular weight excluding hydrogens is 324 g/mol. The molecule has 130 valence electrons. The summed E-state index contributed by atoms with van der Waals surface area (Å²) in [6, 6.07) is 6.15. The Bertz CT molecular complexity index is 664. The Morgan fingerprint density at radius 1 is 1.25 bits per heavy atom. The van der Waals surface area contributed by atoms with Gasteiger partial charge in [-0.3, -0.25) is 4.79 Å². The molecule has 2 aromatic rings. The lowest BCUT2D eigenvalue weighted by atomic mass is 10.1. The molecule has 0 saturated heterocycles. The van der Waals surface area contributed by atoms with Gasteiger partial charge < -0.3 is 14.4 Å². The van der Waals surface area contributed by atoms with Gasteiger partial charge in [0, 0.05) is 26.0 Å². The second-order valence-corrected chi connectivity index (χ2v) is 6.72. The van der Waals surface area contributed by atoms with Crippen LogP contribution in [-0.4, -0.2) is 36.1 Å². The van der Waals surface area contributed by atoms with Crippen molar-refractivity contribution >= 4 is 17.2 Å². The lowest BCUT2D eigenvalue weighted by molar-refractivity contribution is -0.130. The quantitative estimate of drug-likeness (QED) is 0.734. The van der Waals surface area contributed by atoms with Crippen molar-refractivity contribution in [3.8, 4) is 5.75 Å². The van der Waals surface area contributed by atoms with Crippen molar-refractivity contribution in [1.82, 2.24) is 9.88 Å². The van der Waals surface area contributed by atoms with Crippen LogP contribution < -0.4 is 4.74 Å². The normalized spacial score (nSPS) is 10.7. The highest BCUT2D eigenvalue weighted by Gasteiger charge is 2.12. The van der Waals surface area contributed by atoms with Gasteiger partial charge in [0.1, 0.15) is 17.4 Å². The predicted octanol–water partition coefficient (Wildman–Crippen LogP) is 3.33. The summed E-state index contributed by atoms with van der Waals surface area (Å²) in [7, 11) is 1.63. The number of amides is 1. The lowest BCUT2D eigenvalue weighted by Gasteiger charge is -2.19. The highest BCUT2D eigenvalue weighted by molar-refractivity contribution is 7.09. The minimum absolute atomic E-state index is 0.0214. The number of ether oxygens (including phenoxy) is 2. The second-order valence-electron chi connectivity index (χ2n) is 5.78. The molecule has 0 saturated carbocycles. The van der Waals surface area contributed by atoms with E-state index in [1.165, 1.54) is 11.1 Å². The average Bonchev–Trinajstić information content (AvgIpc) is 2.96. The van der Waals surface area contributed by atoms with Gasteiger partial charge in [0.2, 0.25) is 5.91 Å². The summed E-state index contributed by atoms with van der Waals surface area (Å²) in [5.41, 5.74) is 3.24. The summed E-state index contributed by atoms with van der Waals surface area (Å²) in [5.74, 6) is 0.878. The molecule has 0 radical (unpaired) electrons. The number of aryl methyl sites for hydroxylation is 2. The smallest absolute Gasteiger partial charge is 0.219 e. The van der Waals surface area contributed by atoms with Crippen molar-refractivity contribution in [3.63, 3.8) is 0 Å². The van der Waals surface area contributed by atoms with E-state index in [4.69, 9.17) is 9.47 Å². The standard InChI is InChI=1S/C18H24N2O3S/c1-13-7-14(2)9-17(8-13)23-11-18-19-16(12-24-18)10-20(15(3)21)5-6-22-4/h7-9,12H,5-6,10-11H2,1-4H3. The maximum Gasteiger partial charge on any atom is 0.219 e. The van der Waals surface area contributed by atoms with E-state index in [1.807, 2.05) is 17.5 Å². The molecule has 2 rings (SSSR count). The van der Waals surface area contributed by atoms with E-state index in [2.05, 4.69) is 24.9 Å². The van der Waals surface area contributed by atoms with Crippen molar-refractivity contribution in [1.29, 1.82) is 0 Å². The van der Waals surface area contributed by atoms with E-state index in [0.717, 1.165) is 16.5 Å². The molecule has 6 heteroatoms. The molecular formula is C18H24N2O3S. The van der Waals surface area contributed by atoms with Crippen molar-refractivity contribution < 1.29 is 14.3 Å². The first-order valence-corrected chi connectivity index (χ1v) is 8.74. The van der Waals surface area contributed by atoms with Crippen LogP contribution in [0.25, 0.3) is 0 Å². The first-order chi connectivity index (χ1) is 11.5. The number of carbonyl (C=O) groups is 1. The molecule has 1 heterocycles. The lowest BCUT2D eigenvalue weighted by Crippen LogP contribution is -2.31. The van der Waals surface area contributed by atoms with E-state index in [9.17, 15) is 4.79 Å². The number of methoxy groups -OCH3 is 1. The minimum atomic E-state index is 0.0214. The third-order valence-electron chi connectivity index (χ3n) is 3.52. The summed E-state index contributed by atoms with van der Waals surface area (Å²) in [6.07, 6.45) is 0. The number of hydrogen-bond donors (Lipinski definition) is 0. The molecule has 5 nitrogen and oxygen atoms in total. The molecule has 0 atom stereocenters.